The van der Waals surface area contributed by atoms with Gasteiger partial charge < -0.3 is 20.5 Å². The number of carboxylic acids is 1. The number of rotatable bonds is 4. The third kappa shape index (κ3) is 3.67. The Morgan fingerprint density at radius 1 is 1.24 bits per heavy atom. The van der Waals surface area contributed by atoms with Gasteiger partial charge in [-0.1, -0.05) is 19.8 Å². The molecule has 0 spiro atoms. The van der Waals surface area contributed by atoms with E-state index in [0.717, 1.165) is 32.1 Å². The molecule has 0 radical (unpaired) electrons. The predicted molar refractivity (Wildman–Crippen MR) is 78.1 cm³/mol. The van der Waals surface area contributed by atoms with Crippen molar-refractivity contribution >= 4 is 12.0 Å². The van der Waals surface area contributed by atoms with E-state index >= 15 is 0 Å². The topological polar surface area (TPSA) is 87.7 Å². The molecule has 6 heteroatoms. The molecule has 0 aromatic rings. The van der Waals surface area contributed by atoms with Gasteiger partial charge in [0.2, 0.25) is 0 Å². The lowest BCUT2D eigenvalue weighted by molar-refractivity contribution is -0.146. The maximum absolute atomic E-state index is 12.2. The molecule has 2 aliphatic rings. The molecule has 6 nitrogen and oxygen atoms in total. The summed E-state index contributed by atoms with van der Waals surface area (Å²) >= 11 is 0. The number of carboxylic acid groups (broad SMARTS) is 1. The Bertz CT molecular complexity index is 401. The van der Waals surface area contributed by atoms with Crippen LogP contribution >= 0.6 is 0 Å². The molecular formula is C15H26N2O4. The zero-order valence-corrected chi connectivity index (χ0v) is 12.9. The van der Waals surface area contributed by atoms with Gasteiger partial charge in [0.15, 0.2) is 0 Å². The highest BCUT2D eigenvalue weighted by atomic mass is 16.5. The van der Waals surface area contributed by atoms with Crippen molar-refractivity contribution in [2.45, 2.75) is 69.6 Å². The van der Waals surface area contributed by atoms with Crippen LogP contribution in [0.15, 0.2) is 0 Å². The SMILES string of the molecule is COC1CCCC1NC(=O)NC1(C(=O)O)CCCC(C)C1. The van der Waals surface area contributed by atoms with Gasteiger partial charge in [0, 0.05) is 7.11 Å². The molecule has 3 N–H and O–H groups in total. The normalized spacial score (nSPS) is 36.2. The summed E-state index contributed by atoms with van der Waals surface area (Å²) in [4.78, 5) is 23.9. The van der Waals surface area contributed by atoms with Gasteiger partial charge in [-0.25, -0.2) is 9.59 Å². The molecule has 0 aliphatic heterocycles. The average Bonchev–Trinajstić information content (AvgIpc) is 2.85. The number of hydrogen-bond donors (Lipinski definition) is 3. The van der Waals surface area contributed by atoms with Gasteiger partial charge in [-0.2, -0.15) is 0 Å². The van der Waals surface area contributed by atoms with Crippen molar-refractivity contribution in [2.75, 3.05) is 7.11 Å². The Morgan fingerprint density at radius 3 is 2.62 bits per heavy atom. The molecule has 21 heavy (non-hydrogen) atoms. The van der Waals surface area contributed by atoms with Crippen molar-refractivity contribution in [1.29, 1.82) is 0 Å². The first kappa shape index (κ1) is 16.1. The van der Waals surface area contributed by atoms with Crippen LogP contribution in [0.2, 0.25) is 0 Å². The van der Waals surface area contributed by atoms with E-state index in [-0.39, 0.29) is 18.2 Å². The Morgan fingerprint density at radius 2 is 2.00 bits per heavy atom. The van der Waals surface area contributed by atoms with Gasteiger partial charge in [0.25, 0.3) is 0 Å². The van der Waals surface area contributed by atoms with Gasteiger partial charge in [-0.15, -0.1) is 0 Å². The molecule has 2 fully saturated rings. The molecule has 0 heterocycles. The average molecular weight is 298 g/mol. The molecule has 120 valence electrons. The minimum absolute atomic E-state index is 0.0261. The molecule has 0 bridgehead atoms. The van der Waals surface area contributed by atoms with Crippen LogP contribution in [0.3, 0.4) is 0 Å². The van der Waals surface area contributed by atoms with Crippen LogP contribution in [0.5, 0.6) is 0 Å². The van der Waals surface area contributed by atoms with Crippen molar-refractivity contribution < 1.29 is 19.4 Å². The zero-order valence-electron chi connectivity index (χ0n) is 12.9. The minimum Gasteiger partial charge on any atom is -0.480 e. The van der Waals surface area contributed by atoms with E-state index in [1.807, 2.05) is 6.92 Å². The Kier molecular flexibility index (Phi) is 5.08. The fourth-order valence-corrected chi connectivity index (χ4v) is 3.71. The lowest BCUT2D eigenvalue weighted by atomic mass is 9.76. The van der Waals surface area contributed by atoms with E-state index < -0.39 is 11.5 Å². The molecule has 2 rings (SSSR count). The number of hydrogen-bond acceptors (Lipinski definition) is 3. The summed E-state index contributed by atoms with van der Waals surface area (Å²) in [5, 5.41) is 15.2. The van der Waals surface area contributed by atoms with Gasteiger partial charge in [0.05, 0.1) is 12.1 Å². The number of ether oxygens (including phenoxy) is 1. The van der Waals surface area contributed by atoms with Crippen LogP contribution in [0.25, 0.3) is 0 Å². The number of amides is 2. The first-order valence-electron chi connectivity index (χ1n) is 7.82. The van der Waals surface area contributed by atoms with E-state index in [0.29, 0.717) is 18.8 Å². The van der Waals surface area contributed by atoms with E-state index in [2.05, 4.69) is 10.6 Å². The van der Waals surface area contributed by atoms with Gasteiger partial charge in [0.1, 0.15) is 5.54 Å². The number of carbonyl (C=O) groups is 2. The summed E-state index contributed by atoms with van der Waals surface area (Å²) in [6.45, 7) is 2.04. The maximum atomic E-state index is 12.2. The smallest absolute Gasteiger partial charge is 0.329 e. The fourth-order valence-electron chi connectivity index (χ4n) is 3.71. The van der Waals surface area contributed by atoms with Crippen LogP contribution in [0.4, 0.5) is 4.79 Å². The van der Waals surface area contributed by atoms with Crippen LogP contribution in [0.1, 0.15) is 51.9 Å². The highest BCUT2D eigenvalue weighted by Crippen LogP contribution is 2.32. The van der Waals surface area contributed by atoms with E-state index in [1.54, 1.807) is 7.11 Å². The number of urea groups is 1. The van der Waals surface area contributed by atoms with Crippen molar-refractivity contribution in [3.8, 4) is 0 Å². The summed E-state index contributed by atoms with van der Waals surface area (Å²) in [5.74, 6) is -0.618. The molecule has 0 saturated heterocycles. The third-order valence-electron chi connectivity index (χ3n) is 4.83. The number of aliphatic carboxylic acids is 1. The Hall–Kier alpha value is -1.30. The largest absolute Gasteiger partial charge is 0.480 e. The molecule has 2 saturated carbocycles. The van der Waals surface area contributed by atoms with E-state index in [9.17, 15) is 14.7 Å². The second-order valence-corrected chi connectivity index (χ2v) is 6.50. The monoisotopic (exact) mass is 298 g/mol. The zero-order chi connectivity index (χ0) is 15.5. The lowest BCUT2D eigenvalue weighted by Crippen LogP contribution is -2.60. The van der Waals surface area contributed by atoms with E-state index in [1.165, 1.54) is 0 Å². The first-order chi connectivity index (χ1) is 9.97. The third-order valence-corrected chi connectivity index (χ3v) is 4.83. The van der Waals surface area contributed by atoms with Gasteiger partial charge in [-0.3, -0.25) is 0 Å². The molecule has 0 aromatic heterocycles. The van der Waals surface area contributed by atoms with E-state index in [4.69, 9.17) is 4.74 Å². The van der Waals surface area contributed by atoms with Crippen LogP contribution < -0.4 is 10.6 Å². The summed E-state index contributed by atoms with van der Waals surface area (Å²) in [7, 11) is 1.64. The predicted octanol–water partition coefficient (Wildman–Crippen LogP) is 1.89. The lowest BCUT2D eigenvalue weighted by Gasteiger charge is -2.37. The van der Waals surface area contributed by atoms with Gasteiger partial charge in [-0.05, 0) is 38.0 Å². The van der Waals surface area contributed by atoms with Crippen LogP contribution in [-0.2, 0) is 9.53 Å². The highest BCUT2D eigenvalue weighted by Gasteiger charge is 2.43. The standard InChI is InChI=1S/C15H26N2O4/c1-10-5-4-8-15(9-10,13(18)19)17-14(20)16-11-6-3-7-12(11)21-2/h10-12H,3-9H2,1-2H3,(H,18,19)(H2,16,17,20). The Balaban J connectivity index is 1.97. The second kappa shape index (κ2) is 6.64. The van der Waals surface area contributed by atoms with Gasteiger partial charge >= 0.3 is 12.0 Å². The fraction of sp³-hybridized carbons (Fsp3) is 0.867. The first-order valence-corrected chi connectivity index (χ1v) is 7.82. The minimum atomic E-state index is -1.12. The van der Waals surface area contributed by atoms with Crippen LogP contribution in [-0.4, -0.2) is 41.9 Å². The van der Waals surface area contributed by atoms with Crippen molar-refractivity contribution in [1.82, 2.24) is 10.6 Å². The molecule has 2 aliphatic carbocycles. The van der Waals surface area contributed by atoms with Crippen molar-refractivity contribution in [2.24, 2.45) is 5.92 Å². The number of methoxy groups -OCH3 is 1. The second-order valence-electron chi connectivity index (χ2n) is 6.50. The summed E-state index contributed by atoms with van der Waals surface area (Å²) in [6.07, 6.45) is 5.70. The quantitative estimate of drug-likeness (QED) is 0.739. The summed E-state index contributed by atoms with van der Waals surface area (Å²) in [5.41, 5.74) is -1.12. The Labute approximate surface area is 125 Å². The maximum Gasteiger partial charge on any atom is 0.329 e. The molecule has 4 atom stereocenters. The summed E-state index contributed by atoms with van der Waals surface area (Å²) < 4.78 is 5.35. The van der Waals surface area contributed by atoms with Crippen LogP contribution in [0, 0.1) is 5.92 Å². The number of carbonyl (C=O) groups excluding carboxylic acids is 1. The molecule has 2 amide bonds. The van der Waals surface area contributed by atoms with Crippen molar-refractivity contribution in [3.05, 3.63) is 0 Å². The highest BCUT2D eigenvalue weighted by molar-refractivity contribution is 5.86. The summed E-state index contributed by atoms with van der Waals surface area (Å²) in [6, 6.07) is -0.415. The molecule has 0 aromatic carbocycles. The molecular weight excluding hydrogens is 272 g/mol. The number of nitrogens with one attached hydrogen (secondary N) is 2. The molecule has 4 unspecified atom stereocenters. The van der Waals surface area contributed by atoms with Crippen molar-refractivity contribution in [3.63, 3.8) is 0 Å².